The van der Waals surface area contributed by atoms with Gasteiger partial charge in [-0.3, -0.25) is 0 Å². The lowest BCUT2D eigenvalue weighted by molar-refractivity contribution is 0.882. The Morgan fingerprint density at radius 3 is 2.60 bits per heavy atom. The normalized spacial score (nSPS) is 17.5. The first-order valence-corrected chi connectivity index (χ1v) is 7.86. The van der Waals surface area contributed by atoms with E-state index >= 15 is 0 Å². The van der Waals surface area contributed by atoms with Crippen LogP contribution in [0.15, 0.2) is 71.6 Å². The second-order valence-corrected chi connectivity index (χ2v) is 6.17. The van der Waals surface area contributed by atoms with Gasteiger partial charge in [0.15, 0.2) is 0 Å². The predicted octanol–water partition coefficient (Wildman–Crippen LogP) is 5.10. The molecule has 0 bridgehead atoms. The summed E-state index contributed by atoms with van der Waals surface area (Å²) in [6, 6.07) is 24.2. The highest BCUT2D eigenvalue weighted by Crippen LogP contribution is 2.38. The summed E-state index contributed by atoms with van der Waals surface area (Å²) in [5.74, 6) is 1.08. The molecule has 0 spiro atoms. The van der Waals surface area contributed by atoms with Crippen molar-refractivity contribution in [1.82, 2.24) is 0 Å². The third-order valence-electron chi connectivity index (χ3n) is 3.80. The van der Waals surface area contributed by atoms with Gasteiger partial charge in [0, 0.05) is 16.3 Å². The number of fused-ring (bicyclic) bond motifs is 2. The zero-order valence-corrected chi connectivity index (χ0v) is 11.9. The van der Waals surface area contributed by atoms with E-state index in [9.17, 15) is 0 Å². The molecule has 1 aliphatic heterocycles. The van der Waals surface area contributed by atoms with Crippen LogP contribution in [0.4, 0.5) is 5.69 Å². The van der Waals surface area contributed by atoms with Crippen molar-refractivity contribution < 1.29 is 0 Å². The number of nitrogens with one attached hydrogen (secondary N) is 1. The lowest BCUT2D eigenvalue weighted by Gasteiger charge is -2.27. The van der Waals surface area contributed by atoms with Crippen molar-refractivity contribution in [2.45, 2.75) is 10.9 Å². The van der Waals surface area contributed by atoms with E-state index < -0.39 is 0 Å². The molecule has 0 amide bonds. The van der Waals surface area contributed by atoms with Gasteiger partial charge < -0.3 is 5.32 Å². The monoisotopic (exact) mass is 277 g/mol. The zero-order valence-electron chi connectivity index (χ0n) is 11.0. The van der Waals surface area contributed by atoms with Crippen LogP contribution in [0.5, 0.6) is 0 Å². The number of benzene rings is 3. The molecule has 1 aliphatic rings. The quantitative estimate of drug-likeness (QED) is 0.664. The Balaban J connectivity index is 1.70. The minimum atomic E-state index is 0.388. The maximum absolute atomic E-state index is 3.66. The molecule has 98 valence electrons. The van der Waals surface area contributed by atoms with Crippen LogP contribution in [-0.2, 0) is 0 Å². The molecule has 0 fully saturated rings. The summed E-state index contributed by atoms with van der Waals surface area (Å²) in [6.45, 7) is 0. The second-order valence-electron chi connectivity index (χ2n) is 5.11. The van der Waals surface area contributed by atoms with Crippen LogP contribution in [0.3, 0.4) is 0 Å². The fourth-order valence-corrected chi connectivity index (χ4v) is 3.80. The van der Waals surface area contributed by atoms with Gasteiger partial charge in [0.05, 0.1) is 6.04 Å². The van der Waals surface area contributed by atoms with Crippen LogP contribution in [-0.4, -0.2) is 5.75 Å². The van der Waals surface area contributed by atoms with E-state index in [1.165, 1.54) is 26.9 Å². The average molecular weight is 277 g/mol. The van der Waals surface area contributed by atoms with Gasteiger partial charge in [-0.05, 0) is 34.5 Å². The molecular weight excluding hydrogens is 262 g/mol. The van der Waals surface area contributed by atoms with Crippen LogP contribution >= 0.6 is 11.8 Å². The van der Waals surface area contributed by atoms with Crippen molar-refractivity contribution in [2.75, 3.05) is 11.1 Å². The molecule has 0 aliphatic carbocycles. The molecule has 1 nitrogen and oxygen atoms in total. The Morgan fingerprint density at radius 1 is 0.850 bits per heavy atom. The van der Waals surface area contributed by atoms with E-state index in [0.717, 1.165) is 5.75 Å². The molecule has 1 heterocycles. The van der Waals surface area contributed by atoms with Crippen molar-refractivity contribution in [3.63, 3.8) is 0 Å². The van der Waals surface area contributed by atoms with E-state index in [-0.39, 0.29) is 0 Å². The smallest absolute Gasteiger partial charge is 0.0608 e. The van der Waals surface area contributed by atoms with Gasteiger partial charge in [-0.2, -0.15) is 0 Å². The third-order valence-corrected chi connectivity index (χ3v) is 4.97. The summed E-state index contributed by atoms with van der Waals surface area (Å²) in [6.07, 6.45) is 0. The fourth-order valence-electron chi connectivity index (χ4n) is 2.72. The second kappa shape index (κ2) is 4.88. The third kappa shape index (κ3) is 2.06. The Labute approximate surface area is 123 Å². The van der Waals surface area contributed by atoms with Gasteiger partial charge in [-0.25, -0.2) is 0 Å². The highest BCUT2D eigenvalue weighted by molar-refractivity contribution is 7.99. The summed E-state index contributed by atoms with van der Waals surface area (Å²) in [5, 5.41) is 6.28. The summed E-state index contributed by atoms with van der Waals surface area (Å²) in [4.78, 5) is 1.35. The molecular formula is C18H15NS. The molecule has 0 saturated carbocycles. The first-order chi connectivity index (χ1) is 9.90. The number of para-hydroxylation sites is 1. The van der Waals surface area contributed by atoms with E-state index in [4.69, 9.17) is 0 Å². The summed E-state index contributed by atoms with van der Waals surface area (Å²) in [7, 11) is 0. The minimum Gasteiger partial charge on any atom is -0.376 e. The maximum atomic E-state index is 3.66. The van der Waals surface area contributed by atoms with Gasteiger partial charge in [0.2, 0.25) is 0 Å². The highest BCUT2D eigenvalue weighted by atomic mass is 32.2. The van der Waals surface area contributed by atoms with E-state index in [2.05, 4.69) is 72.0 Å². The molecule has 0 unspecified atom stereocenters. The van der Waals surface area contributed by atoms with Crippen molar-refractivity contribution in [3.8, 4) is 0 Å². The molecule has 0 saturated heterocycles. The van der Waals surface area contributed by atoms with Crippen LogP contribution in [0, 0.1) is 0 Å². The first kappa shape index (κ1) is 11.9. The highest BCUT2D eigenvalue weighted by Gasteiger charge is 2.19. The van der Waals surface area contributed by atoms with E-state index in [0.29, 0.717) is 6.04 Å². The van der Waals surface area contributed by atoms with Crippen LogP contribution in [0.2, 0.25) is 0 Å². The molecule has 0 aromatic heterocycles. The zero-order chi connectivity index (χ0) is 13.4. The van der Waals surface area contributed by atoms with Crippen LogP contribution in [0.25, 0.3) is 10.8 Å². The van der Waals surface area contributed by atoms with Crippen molar-refractivity contribution in [3.05, 3.63) is 72.3 Å². The van der Waals surface area contributed by atoms with E-state index in [1.54, 1.807) is 0 Å². The molecule has 1 N–H and O–H groups in total. The fraction of sp³-hybridized carbons (Fsp3) is 0.111. The number of anilines is 1. The number of hydrogen-bond donors (Lipinski definition) is 1. The number of hydrogen-bond acceptors (Lipinski definition) is 2. The Hall–Kier alpha value is -1.93. The largest absolute Gasteiger partial charge is 0.376 e. The Kier molecular flexibility index (Phi) is 2.89. The molecule has 3 aromatic rings. The average Bonchev–Trinajstić information content (AvgIpc) is 2.54. The van der Waals surface area contributed by atoms with Crippen molar-refractivity contribution >= 4 is 28.2 Å². The first-order valence-electron chi connectivity index (χ1n) is 6.87. The van der Waals surface area contributed by atoms with Gasteiger partial charge in [0.1, 0.15) is 0 Å². The maximum Gasteiger partial charge on any atom is 0.0608 e. The number of thioether (sulfide) groups is 1. The summed E-state index contributed by atoms with van der Waals surface area (Å²) >= 11 is 1.93. The van der Waals surface area contributed by atoms with E-state index in [1.807, 2.05) is 11.8 Å². The van der Waals surface area contributed by atoms with Crippen molar-refractivity contribution in [1.29, 1.82) is 0 Å². The lowest BCUT2D eigenvalue weighted by Crippen LogP contribution is -2.17. The molecule has 3 aromatic carbocycles. The molecule has 2 heteroatoms. The SMILES string of the molecule is c1ccc2c(c1)N[C@H](c1ccc3ccccc3c1)CS2. The molecule has 4 rings (SSSR count). The molecule has 1 atom stereocenters. The van der Waals surface area contributed by atoms with Crippen LogP contribution < -0.4 is 5.32 Å². The van der Waals surface area contributed by atoms with Gasteiger partial charge in [0.25, 0.3) is 0 Å². The lowest BCUT2D eigenvalue weighted by atomic mass is 10.0. The predicted molar refractivity (Wildman–Crippen MR) is 87.5 cm³/mol. The van der Waals surface area contributed by atoms with Gasteiger partial charge in [-0.15, -0.1) is 11.8 Å². The topological polar surface area (TPSA) is 12.0 Å². The number of rotatable bonds is 1. The Morgan fingerprint density at radius 2 is 1.65 bits per heavy atom. The standard InChI is InChI=1S/C18H15NS/c1-2-6-14-11-15(10-9-13(14)5-1)17-12-20-18-8-4-3-7-16(18)19-17/h1-11,17,19H,12H2/t17-/m0/s1. The van der Waals surface area contributed by atoms with Gasteiger partial charge in [-0.1, -0.05) is 48.5 Å². The summed E-state index contributed by atoms with van der Waals surface area (Å²) in [5.41, 5.74) is 2.62. The molecule has 0 radical (unpaired) electrons. The summed E-state index contributed by atoms with van der Waals surface area (Å²) < 4.78 is 0. The van der Waals surface area contributed by atoms with Crippen molar-refractivity contribution in [2.24, 2.45) is 0 Å². The van der Waals surface area contributed by atoms with Gasteiger partial charge >= 0.3 is 0 Å². The van der Waals surface area contributed by atoms with Crippen LogP contribution in [0.1, 0.15) is 11.6 Å². The Bertz CT molecular complexity index is 766. The minimum absolute atomic E-state index is 0.388. The molecule has 20 heavy (non-hydrogen) atoms.